The van der Waals surface area contributed by atoms with Crippen LogP contribution in [0, 0.1) is 17.1 Å². The maximum Gasteiger partial charge on any atom is 0.170 e. The number of benzene rings is 1. The fourth-order valence-corrected chi connectivity index (χ4v) is 1.06. The average molecular weight is 180 g/mol. The number of nitriles is 1. The highest BCUT2D eigenvalue weighted by atomic mass is 19.1. The molecule has 0 aromatic heterocycles. The van der Waals surface area contributed by atoms with Crippen molar-refractivity contribution >= 4 is 0 Å². The van der Waals surface area contributed by atoms with Gasteiger partial charge in [0.1, 0.15) is 0 Å². The van der Waals surface area contributed by atoms with E-state index in [1.165, 1.54) is 19.2 Å². The molecular formula is C9H9FN2O. The maximum atomic E-state index is 13.4. The van der Waals surface area contributed by atoms with E-state index in [-0.39, 0.29) is 23.4 Å². The van der Waals surface area contributed by atoms with E-state index >= 15 is 0 Å². The largest absolute Gasteiger partial charge is 0.494 e. The Morgan fingerprint density at radius 1 is 1.62 bits per heavy atom. The molecule has 0 spiro atoms. The van der Waals surface area contributed by atoms with Crippen LogP contribution in [-0.4, -0.2) is 7.11 Å². The van der Waals surface area contributed by atoms with Crippen LogP contribution in [0.3, 0.4) is 0 Å². The van der Waals surface area contributed by atoms with Gasteiger partial charge in [-0.1, -0.05) is 0 Å². The van der Waals surface area contributed by atoms with Crippen LogP contribution in [0.2, 0.25) is 0 Å². The van der Waals surface area contributed by atoms with Gasteiger partial charge in [0.2, 0.25) is 0 Å². The lowest BCUT2D eigenvalue weighted by atomic mass is 10.1. The molecule has 0 bridgehead atoms. The van der Waals surface area contributed by atoms with Gasteiger partial charge in [-0.3, -0.25) is 0 Å². The van der Waals surface area contributed by atoms with Crippen LogP contribution >= 0.6 is 0 Å². The van der Waals surface area contributed by atoms with Gasteiger partial charge in [0, 0.05) is 12.1 Å². The molecule has 0 aliphatic carbocycles. The van der Waals surface area contributed by atoms with Crippen LogP contribution in [0.15, 0.2) is 12.1 Å². The standard InChI is InChI=1S/C9H9FN2O/c1-13-8-3-2-6(4-11)7(5-12)9(8)10/h2-3H,5,12H2,1H3. The summed E-state index contributed by atoms with van der Waals surface area (Å²) in [5.74, 6) is -0.441. The summed E-state index contributed by atoms with van der Waals surface area (Å²) in [4.78, 5) is 0. The first-order valence-electron chi connectivity index (χ1n) is 3.70. The van der Waals surface area contributed by atoms with Gasteiger partial charge in [-0.25, -0.2) is 4.39 Å². The molecule has 2 N–H and O–H groups in total. The highest BCUT2D eigenvalue weighted by Crippen LogP contribution is 2.22. The van der Waals surface area contributed by atoms with E-state index in [9.17, 15) is 4.39 Å². The Morgan fingerprint density at radius 3 is 2.77 bits per heavy atom. The van der Waals surface area contributed by atoms with Crippen LogP contribution in [0.4, 0.5) is 4.39 Å². The van der Waals surface area contributed by atoms with Gasteiger partial charge in [-0.05, 0) is 12.1 Å². The van der Waals surface area contributed by atoms with Crippen LogP contribution in [0.25, 0.3) is 0 Å². The third kappa shape index (κ3) is 1.60. The topological polar surface area (TPSA) is 59.0 Å². The van der Waals surface area contributed by atoms with Crippen LogP contribution in [0.5, 0.6) is 5.75 Å². The first-order chi connectivity index (χ1) is 6.24. The number of methoxy groups -OCH3 is 1. The molecule has 0 heterocycles. The molecule has 0 aliphatic rings. The first-order valence-corrected chi connectivity index (χ1v) is 3.70. The molecule has 0 atom stereocenters. The van der Waals surface area contributed by atoms with Crippen molar-refractivity contribution in [2.75, 3.05) is 7.11 Å². The summed E-state index contributed by atoms with van der Waals surface area (Å²) in [6, 6.07) is 4.76. The van der Waals surface area contributed by atoms with E-state index in [4.69, 9.17) is 15.7 Å². The summed E-state index contributed by atoms with van der Waals surface area (Å²) < 4.78 is 18.1. The Bertz CT molecular complexity index is 357. The molecule has 1 aromatic rings. The van der Waals surface area contributed by atoms with Gasteiger partial charge in [0.05, 0.1) is 18.7 Å². The monoisotopic (exact) mass is 180 g/mol. The quantitative estimate of drug-likeness (QED) is 0.743. The first kappa shape index (κ1) is 9.49. The molecule has 0 saturated carbocycles. The minimum absolute atomic E-state index is 0.00801. The third-order valence-electron chi connectivity index (χ3n) is 1.75. The van der Waals surface area contributed by atoms with E-state index in [0.717, 1.165) is 0 Å². The summed E-state index contributed by atoms with van der Waals surface area (Å²) in [5, 5.41) is 8.62. The van der Waals surface area contributed by atoms with Crippen molar-refractivity contribution in [2.24, 2.45) is 5.73 Å². The Kier molecular flexibility index (Phi) is 2.83. The molecule has 0 fully saturated rings. The summed E-state index contributed by atoms with van der Waals surface area (Å²) in [5.41, 5.74) is 5.75. The fourth-order valence-electron chi connectivity index (χ4n) is 1.06. The molecule has 0 saturated heterocycles. The summed E-state index contributed by atoms with van der Waals surface area (Å²) in [6.45, 7) is -0.00801. The molecule has 0 aliphatic heterocycles. The van der Waals surface area contributed by atoms with Crippen molar-refractivity contribution in [1.29, 1.82) is 5.26 Å². The number of nitrogens with zero attached hydrogens (tertiary/aromatic N) is 1. The maximum absolute atomic E-state index is 13.4. The molecule has 68 valence electrons. The van der Waals surface area contributed by atoms with Gasteiger partial charge in [0.25, 0.3) is 0 Å². The number of halogens is 1. The molecule has 0 unspecified atom stereocenters. The Balaban J connectivity index is 3.34. The molecule has 13 heavy (non-hydrogen) atoms. The number of rotatable bonds is 2. The molecule has 1 aromatic carbocycles. The zero-order valence-electron chi connectivity index (χ0n) is 7.17. The zero-order chi connectivity index (χ0) is 9.84. The molecular weight excluding hydrogens is 171 g/mol. The summed E-state index contributed by atoms with van der Waals surface area (Å²) in [6.07, 6.45) is 0. The molecule has 1 rings (SSSR count). The van der Waals surface area contributed by atoms with Gasteiger partial charge in [-0.2, -0.15) is 5.26 Å². The second-order valence-corrected chi connectivity index (χ2v) is 2.42. The van der Waals surface area contributed by atoms with Crippen molar-refractivity contribution in [3.63, 3.8) is 0 Å². The summed E-state index contributed by atoms with van der Waals surface area (Å²) >= 11 is 0. The smallest absolute Gasteiger partial charge is 0.170 e. The van der Waals surface area contributed by atoms with E-state index in [1.54, 1.807) is 0 Å². The van der Waals surface area contributed by atoms with E-state index in [1.807, 2.05) is 6.07 Å². The van der Waals surface area contributed by atoms with Crippen molar-refractivity contribution in [3.8, 4) is 11.8 Å². The molecule has 3 nitrogen and oxygen atoms in total. The minimum atomic E-state index is -0.552. The highest BCUT2D eigenvalue weighted by molar-refractivity contribution is 5.44. The second-order valence-electron chi connectivity index (χ2n) is 2.42. The Labute approximate surface area is 75.5 Å². The fraction of sp³-hybridized carbons (Fsp3) is 0.222. The predicted octanol–water partition coefficient (Wildman–Crippen LogP) is 1.16. The number of ether oxygens (including phenoxy) is 1. The second kappa shape index (κ2) is 3.87. The summed E-state index contributed by atoms with van der Waals surface area (Å²) in [7, 11) is 1.37. The minimum Gasteiger partial charge on any atom is -0.494 e. The molecule has 0 radical (unpaired) electrons. The van der Waals surface area contributed by atoms with Gasteiger partial charge in [0.15, 0.2) is 11.6 Å². The number of hydrogen-bond donors (Lipinski definition) is 1. The van der Waals surface area contributed by atoms with Crippen LogP contribution in [0.1, 0.15) is 11.1 Å². The Hall–Kier alpha value is -1.60. The van der Waals surface area contributed by atoms with Crippen molar-refractivity contribution < 1.29 is 9.13 Å². The van der Waals surface area contributed by atoms with E-state index in [0.29, 0.717) is 0 Å². The zero-order valence-corrected chi connectivity index (χ0v) is 7.17. The van der Waals surface area contributed by atoms with Crippen LogP contribution in [-0.2, 0) is 6.54 Å². The van der Waals surface area contributed by atoms with Gasteiger partial charge < -0.3 is 10.5 Å². The normalized spacial score (nSPS) is 9.38. The predicted molar refractivity (Wildman–Crippen MR) is 45.6 cm³/mol. The van der Waals surface area contributed by atoms with Gasteiger partial charge in [-0.15, -0.1) is 0 Å². The third-order valence-corrected chi connectivity index (χ3v) is 1.75. The lowest BCUT2D eigenvalue weighted by Crippen LogP contribution is -2.04. The van der Waals surface area contributed by atoms with Crippen molar-refractivity contribution in [3.05, 3.63) is 29.1 Å². The van der Waals surface area contributed by atoms with E-state index in [2.05, 4.69) is 0 Å². The Morgan fingerprint density at radius 2 is 2.31 bits per heavy atom. The van der Waals surface area contributed by atoms with E-state index < -0.39 is 5.82 Å². The van der Waals surface area contributed by atoms with Crippen LogP contribution < -0.4 is 10.5 Å². The lowest BCUT2D eigenvalue weighted by Gasteiger charge is -2.06. The van der Waals surface area contributed by atoms with Gasteiger partial charge >= 0.3 is 0 Å². The highest BCUT2D eigenvalue weighted by Gasteiger charge is 2.11. The SMILES string of the molecule is COc1ccc(C#N)c(CN)c1F. The number of hydrogen-bond acceptors (Lipinski definition) is 3. The van der Waals surface area contributed by atoms with Crippen molar-refractivity contribution in [2.45, 2.75) is 6.54 Å². The number of nitrogens with two attached hydrogens (primary N) is 1. The lowest BCUT2D eigenvalue weighted by molar-refractivity contribution is 0.384. The average Bonchev–Trinajstić information content (AvgIpc) is 2.17. The van der Waals surface area contributed by atoms with Crippen molar-refractivity contribution in [1.82, 2.24) is 0 Å². The molecule has 4 heteroatoms. The molecule has 0 amide bonds.